The topological polar surface area (TPSA) is 102 Å². The van der Waals surface area contributed by atoms with E-state index in [1.165, 1.54) is 0 Å². The van der Waals surface area contributed by atoms with Crippen molar-refractivity contribution in [2.75, 3.05) is 17.2 Å². The second-order valence-corrected chi connectivity index (χ2v) is 7.56. The average Bonchev–Trinajstić information content (AvgIpc) is 2.75. The van der Waals surface area contributed by atoms with Crippen LogP contribution in [0.25, 0.3) is 0 Å². The number of hydrazone groups is 1. The summed E-state index contributed by atoms with van der Waals surface area (Å²) in [6.45, 7) is 1.77. The van der Waals surface area contributed by atoms with E-state index >= 15 is 0 Å². The fourth-order valence-corrected chi connectivity index (χ4v) is 4.18. The van der Waals surface area contributed by atoms with Gasteiger partial charge in [-0.25, -0.2) is 13.8 Å². The molecule has 0 spiro atoms. The number of nitrogens with two attached hydrogens (primary N) is 1. The molecule has 1 aliphatic rings. The standard InChI is InChI=1S/C14H19N3O3S/c1-10(12-3-2-4-13(15)8-12)16-17-14(18)7-11-5-6-21(19,20)9-11/h2-4,8,11H,5-7,9,15H2,1H3,(H,17,18)/b16-10-/t11-/m1/s1. The molecule has 1 aromatic carbocycles. The number of hydrogen-bond acceptors (Lipinski definition) is 5. The summed E-state index contributed by atoms with van der Waals surface area (Å²) in [6, 6.07) is 7.21. The quantitative estimate of drug-likeness (QED) is 0.491. The fraction of sp³-hybridized carbons (Fsp3) is 0.429. The summed E-state index contributed by atoms with van der Waals surface area (Å²) in [5.74, 6) is -0.0901. The largest absolute Gasteiger partial charge is 0.399 e. The molecule has 0 saturated carbocycles. The summed E-state index contributed by atoms with van der Waals surface area (Å²) in [5, 5.41) is 4.03. The van der Waals surface area contributed by atoms with E-state index in [2.05, 4.69) is 10.5 Å². The lowest BCUT2D eigenvalue weighted by Crippen LogP contribution is -2.22. The molecular weight excluding hydrogens is 290 g/mol. The molecule has 0 bridgehead atoms. The number of carbonyl (C=O) groups is 1. The maximum absolute atomic E-state index is 11.8. The predicted molar refractivity (Wildman–Crippen MR) is 82.6 cm³/mol. The van der Waals surface area contributed by atoms with Gasteiger partial charge in [0.2, 0.25) is 5.91 Å². The molecule has 1 aliphatic heterocycles. The van der Waals surface area contributed by atoms with E-state index < -0.39 is 9.84 Å². The number of benzene rings is 1. The molecule has 1 atom stereocenters. The minimum Gasteiger partial charge on any atom is -0.399 e. The van der Waals surface area contributed by atoms with E-state index in [-0.39, 0.29) is 29.8 Å². The van der Waals surface area contributed by atoms with Gasteiger partial charge in [-0.15, -0.1) is 0 Å². The van der Waals surface area contributed by atoms with E-state index in [0.717, 1.165) is 5.56 Å². The first-order chi connectivity index (χ1) is 9.85. The van der Waals surface area contributed by atoms with E-state index in [1.807, 2.05) is 12.1 Å². The maximum Gasteiger partial charge on any atom is 0.240 e. The van der Waals surface area contributed by atoms with Crippen molar-refractivity contribution in [2.24, 2.45) is 11.0 Å². The third-order valence-electron chi connectivity index (χ3n) is 3.45. The smallest absolute Gasteiger partial charge is 0.240 e. The third-order valence-corrected chi connectivity index (χ3v) is 5.29. The molecule has 1 amide bonds. The van der Waals surface area contributed by atoms with Crippen molar-refractivity contribution in [3.63, 3.8) is 0 Å². The van der Waals surface area contributed by atoms with Gasteiger partial charge in [-0.2, -0.15) is 5.10 Å². The molecule has 0 aliphatic carbocycles. The van der Waals surface area contributed by atoms with Gasteiger partial charge in [0.15, 0.2) is 9.84 Å². The lowest BCUT2D eigenvalue weighted by atomic mass is 10.1. The van der Waals surface area contributed by atoms with Crippen molar-refractivity contribution < 1.29 is 13.2 Å². The van der Waals surface area contributed by atoms with Crippen LogP contribution in [-0.4, -0.2) is 31.5 Å². The molecule has 6 nitrogen and oxygen atoms in total. The molecule has 1 saturated heterocycles. The molecule has 1 heterocycles. The monoisotopic (exact) mass is 309 g/mol. The molecule has 21 heavy (non-hydrogen) atoms. The highest BCUT2D eigenvalue weighted by atomic mass is 32.2. The van der Waals surface area contributed by atoms with Gasteiger partial charge >= 0.3 is 0 Å². The molecule has 2 rings (SSSR count). The van der Waals surface area contributed by atoms with Gasteiger partial charge in [0.25, 0.3) is 0 Å². The highest BCUT2D eigenvalue weighted by Gasteiger charge is 2.29. The van der Waals surface area contributed by atoms with Crippen molar-refractivity contribution in [2.45, 2.75) is 19.8 Å². The summed E-state index contributed by atoms with van der Waals surface area (Å²) in [6.07, 6.45) is 0.737. The van der Waals surface area contributed by atoms with Crippen LogP contribution < -0.4 is 11.2 Å². The first kappa shape index (κ1) is 15.5. The first-order valence-electron chi connectivity index (χ1n) is 6.75. The van der Waals surface area contributed by atoms with Gasteiger partial charge in [0.1, 0.15) is 0 Å². The van der Waals surface area contributed by atoms with Gasteiger partial charge < -0.3 is 5.73 Å². The number of amides is 1. The fourth-order valence-electron chi connectivity index (χ4n) is 2.32. The molecule has 3 N–H and O–H groups in total. The molecular formula is C14H19N3O3S. The van der Waals surface area contributed by atoms with Crippen LogP contribution in [-0.2, 0) is 14.6 Å². The number of anilines is 1. The Bertz CT molecular complexity index is 668. The van der Waals surface area contributed by atoms with Gasteiger partial charge in [-0.05, 0) is 37.0 Å². The van der Waals surface area contributed by atoms with Gasteiger partial charge in [0, 0.05) is 12.1 Å². The SMILES string of the molecule is C/C(=N/NC(=O)C[C@H]1CCS(=O)(=O)C1)c1cccc(N)c1. The molecule has 0 radical (unpaired) electrons. The van der Waals surface area contributed by atoms with Crippen molar-refractivity contribution >= 4 is 27.1 Å². The lowest BCUT2D eigenvalue weighted by Gasteiger charge is -2.07. The van der Waals surface area contributed by atoms with Crippen LogP contribution >= 0.6 is 0 Å². The third kappa shape index (κ3) is 4.56. The van der Waals surface area contributed by atoms with Crippen molar-refractivity contribution in [3.8, 4) is 0 Å². The normalized spacial score (nSPS) is 21.2. The summed E-state index contributed by atoms with van der Waals surface area (Å²) >= 11 is 0. The Morgan fingerprint density at radius 2 is 2.24 bits per heavy atom. The van der Waals surface area contributed by atoms with E-state index in [4.69, 9.17) is 5.73 Å². The second-order valence-electron chi connectivity index (χ2n) is 5.33. The van der Waals surface area contributed by atoms with Crippen molar-refractivity contribution in [3.05, 3.63) is 29.8 Å². The Morgan fingerprint density at radius 1 is 1.48 bits per heavy atom. The summed E-state index contributed by atoms with van der Waals surface area (Å²) in [7, 11) is -2.95. The van der Waals surface area contributed by atoms with Crippen molar-refractivity contribution in [1.29, 1.82) is 0 Å². The Morgan fingerprint density at radius 3 is 2.86 bits per heavy atom. The summed E-state index contributed by atoms with van der Waals surface area (Å²) < 4.78 is 22.7. The highest BCUT2D eigenvalue weighted by Crippen LogP contribution is 2.21. The summed E-state index contributed by atoms with van der Waals surface area (Å²) in [5.41, 5.74) is 10.3. The summed E-state index contributed by atoms with van der Waals surface area (Å²) in [4.78, 5) is 11.8. The highest BCUT2D eigenvalue weighted by molar-refractivity contribution is 7.91. The van der Waals surface area contributed by atoms with Gasteiger partial charge in [0.05, 0.1) is 17.2 Å². The number of nitrogen functional groups attached to an aromatic ring is 1. The Balaban J connectivity index is 1.90. The molecule has 114 valence electrons. The number of nitrogens with one attached hydrogen (secondary N) is 1. The van der Waals surface area contributed by atoms with Crippen LogP contribution in [0.1, 0.15) is 25.3 Å². The molecule has 0 aromatic heterocycles. The van der Waals surface area contributed by atoms with Gasteiger partial charge in [-0.3, -0.25) is 4.79 Å². The van der Waals surface area contributed by atoms with Crippen LogP contribution in [0, 0.1) is 5.92 Å². The first-order valence-corrected chi connectivity index (χ1v) is 8.57. The predicted octanol–water partition coefficient (Wildman–Crippen LogP) is 0.934. The Labute approximate surface area is 124 Å². The molecule has 1 aromatic rings. The average molecular weight is 309 g/mol. The molecule has 7 heteroatoms. The maximum atomic E-state index is 11.8. The van der Waals surface area contributed by atoms with Crippen LogP contribution in [0.3, 0.4) is 0 Å². The second kappa shape index (κ2) is 6.26. The zero-order chi connectivity index (χ0) is 15.5. The molecule has 1 fully saturated rings. The minimum atomic E-state index is -2.95. The number of hydrogen-bond donors (Lipinski definition) is 2. The van der Waals surface area contributed by atoms with Crippen LogP contribution in [0.2, 0.25) is 0 Å². The van der Waals surface area contributed by atoms with E-state index in [0.29, 0.717) is 17.8 Å². The molecule has 0 unspecified atom stereocenters. The number of sulfone groups is 1. The zero-order valence-corrected chi connectivity index (χ0v) is 12.7. The van der Waals surface area contributed by atoms with Crippen molar-refractivity contribution in [1.82, 2.24) is 5.43 Å². The lowest BCUT2D eigenvalue weighted by molar-refractivity contribution is -0.121. The Kier molecular flexibility index (Phi) is 4.62. The number of rotatable bonds is 4. The Hall–Kier alpha value is -1.89. The number of nitrogens with zero attached hydrogens (tertiary/aromatic N) is 1. The van der Waals surface area contributed by atoms with E-state index in [1.54, 1.807) is 19.1 Å². The minimum absolute atomic E-state index is 0.0956. The van der Waals surface area contributed by atoms with E-state index in [9.17, 15) is 13.2 Å². The van der Waals surface area contributed by atoms with Gasteiger partial charge in [-0.1, -0.05) is 12.1 Å². The number of carbonyl (C=O) groups excluding carboxylic acids is 1. The van der Waals surface area contributed by atoms with Crippen LogP contribution in [0.15, 0.2) is 29.4 Å². The van der Waals surface area contributed by atoms with Crippen LogP contribution in [0.5, 0.6) is 0 Å². The van der Waals surface area contributed by atoms with Crippen LogP contribution in [0.4, 0.5) is 5.69 Å². The zero-order valence-electron chi connectivity index (χ0n) is 11.9.